The van der Waals surface area contributed by atoms with Gasteiger partial charge in [-0.3, -0.25) is 0 Å². The summed E-state index contributed by atoms with van der Waals surface area (Å²) in [5.74, 6) is 0.879. The van der Waals surface area contributed by atoms with Crippen molar-refractivity contribution in [1.82, 2.24) is 4.57 Å². The summed E-state index contributed by atoms with van der Waals surface area (Å²) in [4.78, 5) is 1.33. The second-order valence-corrected chi connectivity index (χ2v) is 6.41. The van der Waals surface area contributed by atoms with Crippen molar-refractivity contribution >= 4 is 0 Å². The Labute approximate surface area is 150 Å². The Kier molecular flexibility index (Phi) is 7.98. The van der Waals surface area contributed by atoms with Crippen molar-refractivity contribution < 1.29 is 19.5 Å². The van der Waals surface area contributed by atoms with Crippen LogP contribution in [0.1, 0.15) is 24.6 Å². The van der Waals surface area contributed by atoms with Crippen molar-refractivity contribution in [3.05, 3.63) is 53.9 Å². The molecule has 0 spiro atoms. The van der Waals surface area contributed by atoms with Gasteiger partial charge in [0.05, 0.1) is 19.4 Å². The van der Waals surface area contributed by atoms with E-state index in [0.29, 0.717) is 6.61 Å². The Morgan fingerprint density at radius 2 is 2.04 bits per heavy atom. The number of benzene rings is 1. The molecule has 0 aliphatic heterocycles. The number of aromatic nitrogens is 1. The van der Waals surface area contributed by atoms with E-state index in [-0.39, 0.29) is 6.10 Å². The average molecular weight is 347 g/mol. The fourth-order valence-electron chi connectivity index (χ4n) is 2.97. The topological polar surface area (TPSA) is 48.1 Å². The molecule has 0 amide bonds. The van der Waals surface area contributed by atoms with Crippen LogP contribution in [0.5, 0.6) is 5.75 Å². The van der Waals surface area contributed by atoms with E-state index in [0.717, 1.165) is 38.3 Å². The van der Waals surface area contributed by atoms with Crippen LogP contribution in [0.4, 0.5) is 0 Å². The van der Waals surface area contributed by atoms with Gasteiger partial charge in [-0.25, -0.2) is 0 Å². The molecule has 138 valence electrons. The minimum atomic E-state index is -0.270. The van der Waals surface area contributed by atoms with Gasteiger partial charge >= 0.3 is 0 Å². The quantitative estimate of drug-likeness (QED) is 0.645. The molecule has 5 heteroatoms. The number of methoxy groups -OCH3 is 2. The Hall–Kier alpha value is -1.82. The molecule has 0 bridgehead atoms. The summed E-state index contributed by atoms with van der Waals surface area (Å²) in [6, 6.07) is 12.4. The zero-order chi connectivity index (χ0) is 18.1. The maximum absolute atomic E-state index is 10.0. The summed E-state index contributed by atoms with van der Waals surface area (Å²) in [6.45, 7) is 6.03. The lowest BCUT2D eigenvalue weighted by Crippen LogP contribution is -3.12. The normalized spacial score (nSPS) is 13.6. The van der Waals surface area contributed by atoms with Crippen LogP contribution in [-0.4, -0.2) is 49.7 Å². The van der Waals surface area contributed by atoms with Gasteiger partial charge in [0.15, 0.2) is 0 Å². The van der Waals surface area contributed by atoms with Crippen molar-refractivity contribution in [2.24, 2.45) is 0 Å². The third-order valence-electron chi connectivity index (χ3n) is 4.50. The third-order valence-corrected chi connectivity index (χ3v) is 4.50. The minimum absolute atomic E-state index is 0.270. The number of nitrogens with one attached hydrogen (secondary N) is 1. The number of quaternary nitrogens is 1. The summed E-state index contributed by atoms with van der Waals surface area (Å²) in [6.07, 6.45) is 2.62. The Balaban J connectivity index is 2.07. The van der Waals surface area contributed by atoms with Crippen LogP contribution in [-0.2, 0) is 17.8 Å². The lowest BCUT2D eigenvalue weighted by molar-refractivity contribution is -0.917. The Morgan fingerprint density at radius 3 is 2.76 bits per heavy atom. The van der Waals surface area contributed by atoms with Crippen molar-refractivity contribution in [2.45, 2.75) is 32.5 Å². The molecule has 0 fully saturated rings. The van der Waals surface area contributed by atoms with Crippen LogP contribution in [0.2, 0.25) is 0 Å². The largest absolute Gasteiger partial charge is 0.497 e. The van der Waals surface area contributed by atoms with E-state index in [1.807, 2.05) is 19.1 Å². The van der Waals surface area contributed by atoms with E-state index in [1.54, 1.807) is 14.2 Å². The van der Waals surface area contributed by atoms with Crippen molar-refractivity contribution in [1.29, 1.82) is 0 Å². The van der Waals surface area contributed by atoms with Gasteiger partial charge in [-0.15, -0.1) is 0 Å². The van der Waals surface area contributed by atoms with Gasteiger partial charge in [0.25, 0.3) is 0 Å². The summed E-state index contributed by atoms with van der Waals surface area (Å²) in [7, 11) is 3.41. The molecule has 2 atom stereocenters. The van der Waals surface area contributed by atoms with E-state index in [2.05, 4.69) is 35.0 Å². The molecule has 0 saturated heterocycles. The molecule has 1 aromatic carbocycles. The monoisotopic (exact) mass is 347 g/mol. The zero-order valence-corrected chi connectivity index (χ0v) is 15.6. The van der Waals surface area contributed by atoms with Gasteiger partial charge < -0.3 is 24.0 Å². The molecule has 2 aromatic rings. The zero-order valence-electron chi connectivity index (χ0n) is 15.6. The molecule has 1 aromatic heterocycles. The van der Waals surface area contributed by atoms with E-state index in [1.165, 1.54) is 16.2 Å². The van der Waals surface area contributed by atoms with Gasteiger partial charge in [0, 0.05) is 19.9 Å². The van der Waals surface area contributed by atoms with E-state index in [4.69, 9.17) is 9.47 Å². The predicted molar refractivity (Wildman–Crippen MR) is 99.1 cm³/mol. The molecular weight excluding hydrogens is 316 g/mol. The Morgan fingerprint density at radius 1 is 1.20 bits per heavy atom. The van der Waals surface area contributed by atoms with Crippen LogP contribution in [0.3, 0.4) is 0 Å². The molecular formula is C20H31N2O3+. The first kappa shape index (κ1) is 19.5. The van der Waals surface area contributed by atoms with Crippen molar-refractivity contribution in [2.75, 3.05) is 33.9 Å². The molecule has 1 heterocycles. The van der Waals surface area contributed by atoms with E-state index in [9.17, 15) is 5.11 Å². The number of rotatable bonds is 11. The van der Waals surface area contributed by atoms with Gasteiger partial charge in [-0.1, -0.05) is 19.1 Å². The van der Waals surface area contributed by atoms with E-state index >= 15 is 0 Å². The van der Waals surface area contributed by atoms with Crippen LogP contribution in [0.15, 0.2) is 42.6 Å². The third kappa shape index (κ3) is 6.20. The van der Waals surface area contributed by atoms with Gasteiger partial charge in [0.1, 0.15) is 31.5 Å². The number of aliphatic hydroxyl groups is 1. The lowest BCUT2D eigenvalue weighted by atomic mass is 10.2. The van der Waals surface area contributed by atoms with Crippen molar-refractivity contribution in [3.63, 3.8) is 0 Å². The molecule has 2 rings (SSSR count). The standard InChI is InChI=1S/C20H30N2O3/c1-4-19(23)16-21(11-12-24-2)15-18-8-6-10-22(18)14-17-7-5-9-20(13-17)25-3/h5-10,13,19,23H,4,11-12,14-16H2,1-3H3/p+1/t19-/m1/s1. The highest BCUT2D eigenvalue weighted by Gasteiger charge is 2.16. The second-order valence-electron chi connectivity index (χ2n) is 6.41. The first-order valence-corrected chi connectivity index (χ1v) is 8.93. The highest BCUT2D eigenvalue weighted by molar-refractivity contribution is 5.29. The molecule has 5 nitrogen and oxygen atoms in total. The predicted octanol–water partition coefficient (Wildman–Crippen LogP) is 1.35. The molecule has 0 radical (unpaired) electrons. The fraction of sp³-hybridized carbons (Fsp3) is 0.500. The van der Waals surface area contributed by atoms with Gasteiger partial charge in [-0.2, -0.15) is 0 Å². The molecule has 0 aliphatic rings. The smallest absolute Gasteiger partial charge is 0.119 e. The summed E-state index contributed by atoms with van der Waals surface area (Å²) in [5.41, 5.74) is 2.47. The molecule has 25 heavy (non-hydrogen) atoms. The van der Waals surface area contributed by atoms with Crippen LogP contribution < -0.4 is 9.64 Å². The first-order valence-electron chi connectivity index (χ1n) is 8.93. The van der Waals surface area contributed by atoms with Crippen molar-refractivity contribution in [3.8, 4) is 5.75 Å². The lowest BCUT2D eigenvalue weighted by Gasteiger charge is -2.22. The number of hydrogen-bond acceptors (Lipinski definition) is 3. The van der Waals surface area contributed by atoms with Gasteiger partial charge in [-0.05, 0) is 36.2 Å². The van der Waals surface area contributed by atoms with Crippen LogP contribution >= 0.6 is 0 Å². The molecule has 0 saturated carbocycles. The van der Waals surface area contributed by atoms with Crippen LogP contribution in [0.25, 0.3) is 0 Å². The SMILES string of the molecule is CC[C@@H](O)C[NH+](CCOC)Cc1cccn1Cc1cccc(OC)c1. The summed E-state index contributed by atoms with van der Waals surface area (Å²) >= 11 is 0. The fourth-order valence-corrected chi connectivity index (χ4v) is 2.97. The second kappa shape index (κ2) is 10.2. The maximum atomic E-state index is 10.0. The molecule has 2 N–H and O–H groups in total. The maximum Gasteiger partial charge on any atom is 0.119 e. The minimum Gasteiger partial charge on any atom is -0.497 e. The average Bonchev–Trinajstić information content (AvgIpc) is 3.06. The molecule has 0 aliphatic carbocycles. The molecule has 1 unspecified atom stereocenters. The highest BCUT2D eigenvalue weighted by Crippen LogP contribution is 2.14. The summed E-state index contributed by atoms with van der Waals surface area (Å²) < 4.78 is 12.8. The number of hydrogen-bond donors (Lipinski definition) is 2. The summed E-state index contributed by atoms with van der Waals surface area (Å²) in [5, 5.41) is 10.0. The number of ether oxygens (including phenoxy) is 2. The van der Waals surface area contributed by atoms with Crippen LogP contribution in [0, 0.1) is 0 Å². The highest BCUT2D eigenvalue weighted by atomic mass is 16.5. The Bertz CT molecular complexity index is 627. The number of aliphatic hydroxyl groups excluding tert-OH is 1. The first-order chi connectivity index (χ1) is 12.2. The number of nitrogens with zero attached hydrogens (tertiary/aromatic N) is 1. The van der Waals surface area contributed by atoms with E-state index < -0.39 is 0 Å². The van der Waals surface area contributed by atoms with Gasteiger partial charge in [0.2, 0.25) is 0 Å².